The Labute approximate surface area is 155 Å². The van der Waals surface area contributed by atoms with Crippen LogP contribution in [-0.2, 0) is 17.9 Å². The Bertz CT molecular complexity index is 815. The van der Waals surface area contributed by atoms with Gasteiger partial charge in [0.05, 0.1) is 0 Å². The second kappa shape index (κ2) is 7.73. The van der Waals surface area contributed by atoms with E-state index >= 15 is 0 Å². The quantitative estimate of drug-likeness (QED) is 0.864. The van der Waals surface area contributed by atoms with Crippen LogP contribution in [0.1, 0.15) is 47.3 Å². The van der Waals surface area contributed by atoms with Gasteiger partial charge in [0.2, 0.25) is 5.91 Å². The molecular weight excluding hydrogens is 324 g/mol. The maximum Gasteiger partial charge on any atom is 0.255 e. The lowest BCUT2D eigenvalue weighted by molar-refractivity contribution is -0.127. The highest BCUT2D eigenvalue weighted by Crippen LogP contribution is 2.28. The first kappa shape index (κ1) is 18.2. The average molecular weight is 350 g/mol. The number of fused-ring (bicyclic) bond motifs is 1. The Balaban J connectivity index is 1.78. The van der Waals surface area contributed by atoms with Crippen molar-refractivity contribution in [2.24, 2.45) is 5.92 Å². The summed E-state index contributed by atoms with van der Waals surface area (Å²) < 4.78 is 0. The molecule has 2 aromatic carbocycles. The lowest BCUT2D eigenvalue weighted by atomic mass is 9.96. The zero-order chi connectivity index (χ0) is 18.7. The smallest absolute Gasteiger partial charge is 0.255 e. The van der Waals surface area contributed by atoms with Gasteiger partial charge >= 0.3 is 0 Å². The summed E-state index contributed by atoms with van der Waals surface area (Å²) in [5, 5.41) is 3.05. The highest BCUT2D eigenvalue weighted by Gasteiger charge is 2.38. The second-order valence-electron chi connectivity index (χ2n) is 7.06. The lowest BCUT2D eigenvalue weighted by Crippen LogP contribution is -2.50. The van der Waals surface area contributed by atoms with Crippen LogP contribution in [0.5, 0.6) is 0 Å². The number of aryl methyl sites for hydroxylation is 1. The van der Waals surface area contributed by atoms with Gasteiger partial charge in [-0.25, -0.2) is 0 Å². The van der Waals surface area contributed by atoms with Crippen LogP contribution in [0.4, 0.5) is 0 Å². The number of hydrogen-bond acceptors (Lipinski definition) is 2. The fourth-order valence-corrected chi connectivity index (χ4v) is 3.53. The Hall–Kier alpha value is -2.62. The van der Waals surface area contributed by atoms with E-state index in [1.807, 2.05) is 62.4 Å². The Morgan fingerprint density at radius 1 is 1.15 bits per heavy atom. The Morgan fingerprint density at radius 3 is 2.54 bits per heavy atom. The molecule has 1 unspecified atom stereocenters. The number of hydrogen-bond donors (Lipinski definition) is 1. The molecule has 136 valence electrons. The number of carbonyl (C=O) groups is 2. The summed E-state index contributed by atoms with van der Waals surface area (Å²) >= 11 is 0. The van der Waals surface area contributed by atoms with E-state index in [4.69, 9.17) is 0 Å². The summed E-state index contributed by atoms with van der Waals surface area (Å²) in [6, 6.07) is 15.2. The van der Waals surface area contributed by atoms with Gasteiger partial charge < -0.3 is 10.2 Å². The third kappa shape index (κ3) is 3.50. The fourth-order valence-electron chi connectivity index (χ4n) is 3.53. The van der Waals surface area contributed by atoms with Gasteiger partial charge in [0.15, 0.2) is 0 Å². The number of carbonyl (C=O) groups excluding carboxylic acids is 2. The van der Waals surface area contributed by atoms with E-state index in [0.717, 1.165) is 23.1 Å². The molecule has 4 heteroatoms. The topological polar surface area (TPSA) is 49.4 Å². The van der Waals surface area contributed by atoms with E-state index in [0.29, 0.717) is 18.7 Å². The molecule has 2 aromatic rings. The number of amides is 2. The maximum atomic E-state index is 13.0. The van der Waals surface area contributed by atoms with Gasteiger partial charge in [-0.3, -0.25) is 9.59 Å². The zero-order valence-corrected chi connectivity index (χ0v) is 15.7. The molecule has 0 radical (unpaired) electrons. The molecule has 4 nitrogen and oxygen atoms in total. The van der Waals surface area contributed by atoms with Gasteiger partial charge in [-0.15, -0.1) is 0 Å². The van der Waals surface area contributed by atoms with E-state index in [-0.39, 0.29) is 17.7 Å². The predicted octanol–water partition coefficient (Wildman–Crippen LogP) is 3.68. The molecule has 2 atom stereocenters. The van der Waals surface area contributed by atoms with E-state index in [2.05, 4.69) is 12.2 Å². The van der Waals surface area contributed by atoms with E-state index < -0.39 is 6.04 Å². The van der Waals surface area contributed by atoms with Crippen molar-refractivity contribution in [2.75, 3.05) is 0 Å². The standard InChI is InChI=1S/C22H26N2O2/c1-4-15(2)20(21(25)23-13-17-10-6-5-9-16(17)3)24-14-18-11-7-8-12-19(18)22(24)26/h5-12,15,20H,4,13-14H2,1-3H3,(H,23,25)/t15?,20-/m0/s1. The number of nitrogens with one attached hydrogen (secondary N) is 1. The van der Waals surface area contributed by atoms with Crippen LogP contribution in [-0.4, -0.2) is 22.8 Å². The number of rotatable bonds is 6. The molecule has 1 aliphatic rings. The first-order valence-electron chi connectivity index (χ1n) is 9.24. The minimum Gasteiger partial charge on any atom is -0.350 e. The largest absolute Gasteiger partial charge is 0.350 e. The molecule has 0 saturated heterocycles. The van der Waals surface area contributed by atoms with Crippen LogP contribution in [0.25, 0.3) is 0 Å². The highest BCUT2D eigenvalue weighted by atomic mass is 16.2. The van der Waals surface area contributed by atoms with Crippen LogP contribution in [0.15, 0.2) is 48.5 Å². The van der Waals surface area contributed by atoms with Crippen LogP contribution >= 0.6 is 0 Å². The summed E-state index contributed by atoms with van der Waals surface area (Å²) in [6.07, 6.45) is 0.836. The van der Waals surface area contributed by atoms with Gasteiger partial charge in [0.25, 0.3) is 5.91 Å². The summed E-state index contributed by atoms with van der Waals surface area (Å²) in [7, 11) is 0. The van der Waals surface area contributed by atoms with Crippen LogP contribution < -0.4 is 5.32 Å². The second-order valence-corrected chi connectivity index (χ2v) is 7.06. The molecule has 1 N–H and O–H groups in total. The monoisotopic (exact) mass is 350 g/mol. The SMILES string of the molecule is CCC(C)[C@@H](C(=O)NCc1ccccc1C)N1Cc2ccccc2C1=O. The van der Waals surface area contributed by atoms with Crippen molar-refractivity contribution in [3.8, 4) is 0 Å². The first-order valence-corrected chi connectivity index (χ1v) is 9.24. The van der Waals surface area contributed by atoms with Crippen LogP contribution in [0.3, 0.4) is 0 Å². The summed E-state index contributed by atoms with van der Waals surface area (Å²) in [5.41, 5.74) is 3.96. The van der Waals surface area contributed by atoms with Gasteiger partial charge in [0.1, 0.15) is 6.04 Å². The Kier molecular flexibility index (Phi) is 5.40. The molecular formula is C22H26N2O2. The van der Waals surface area contributed by atoms with E-state index in [1.165, 1.54) is 0 Å². The molecule has 3 rings (SSSR count). The third-order valence-corrected chi connectivity index (χ3v) is 5.35. The van der Waals surface area contributed by atoms with E-state index in [9.17, 15) is 9.59 Å². The average Bonchev–Trinajstić information content (AvgIpc) is 2.98. The molecule has 0 spiro atoms. The molecule has 26 heavy (non-hydrogen) atoms. The number of nitrogens with zero attached hydrogens (tertiary/aromatic N) is 1. The summed E-state index contributed by atoms with van der Waals surface area (Å²) in [4.78, 5) is 27.6. The van der Waals surface area contributed by atoms with Crippen molar-refractivity contribution in [3.63, 3.8) is 0 Å². The van der Waals surface area contributed by atoms with Crippen molar-refractivity contribution in [2.45, 2.75) is 46.3 Å². The van der Waals surface area contributed by atoms with Crippen molar-refractivity contribution >= 4 is 11.8 Å². The van der Waals surface area contributed by atoms with Crippen molar-refractivity contribution in [3.05, 3.63) is 70.8 Å². The highest BCUT2D eigenvalue weighted by molar-refractivity contribution is 6.01. The van der Waals surface area contributed by atoms with Crippen LogP contribution in [0.2, 0.25) is 0 Å². The van der Waals surface area contributed by atoms with Gasteiger partial charge in [0, 0.05) is 18.7 Å². The predicted molar refractivity (Wildman–Crippen MR) is 103 cm³/mol. The molecule has 2 amide bonds. The molecule has 0 fully saturated rings. The lowest BCUT2D eigenvalue weighted by Gasteiger charge is -2.31. The van der Waals surface area contributed by atoms with E-state index in [1.54, 1.807) is 4.90 Å². The van der Waals surface area contributed by atoms with Gasteiger partial charge in [-0.2, -0.15) is 0 Å². The Morgan fingerprint density at radius 2 is 1.85 bits per heavy atom. The minimum absolute atomic E-state index is 0.0445. The first-order chi connectivity index (χ1) is 12.5. The molecule has 0 aliphatic carbocycles. The van der Waals surface area contributed by atoms with Crippen LogP contribution in [0, 0.1) is 12.8 Å². The van der Waals surface area contributed by atoms with Crippen molar-refractivity contribution in [1.29, 1.82) is 0 Å². The van der Waals surface area contributed by atoms with Crippen molar-refractivity contribution < 1.29 is 9.59 Å². The van der Waals surface area contributed by atoms with Gasteiger partial charge in [-0.05, 0) is 35.6 Å². The summed E-state index contributed by atoms with van der Waals surface area (Å²) in [5.74, 6) is -0.0363. The molecule has 0 bridgehead atoms. The molecule has 1 aliphatic heterocycles. The molecule has 1 heterocycles. The maximum absolute atomic E-state index is 13.0. The van der Waals surface area contributed by atoms with Crippen molar-refractivity contribution in [1.82, 2.24) is 10.2 Å². The van der Waals surface area contributed by atoms with Gasteiger partial charge in [-0.1, -0.05) is 62.7 Å². The fraction of sp³-hybridized carbons (Fsp3) is 0.364. The molecule has 0 saturated carbocycles. The minimum atomic E-state index is -0.455. The normalized spacial score (nSPS) is 15.5. The number of benzene rings is 2. The summed E-state index contributed by atoms with van der Waals surface area (Å²) in [6.45, 7) is 7.11. The molecule has 0 aromatic heterocycles. The third-order valence-electron chi connectivity index (χ3n) is 5.35. The zero-order valence-electron chi connectivity index (χ0n) is 15.7.